The lowest BCUT2D eigenvalue weighted by atomic mass is 10.2. The molecule has 1 unspecified atom stereocenters. The molecule has 0 amide bonds. The number of aromatic nitrogens is 1. The molecule has 1 aliphatic heterocycles. The van der Waals surface area contributed by atoms with Gasteiger partial charge in [-0.1, -0.05) is 25.6 Å². The molecule has 26 heavy (non-hydrogen) atoms. The fourth-order valence-corrected chi connectivity index (χ4v) is 4.48. The third kappa shape index (κ3) is 8.70. The van der Waals surface area contributed by atoms with Gasteiger partial charge in [-0.3, -0.25) is 9.89 Å². The van der Waals surface area contributed by atoms with Crippen LogP contribution in [0.25, 0.3) is 0 Å². The van der Waals surface area contributed by atoms with Crippen LogP contribution in [-0.4, -0.2) is 73.6 Å². The van der Waals surface area contributed by atoms with Gasteiger partial charge in [0.2, 0.25) is 0 Å². The number of nitrogens with one attached hydrogen (secondary N) is 2. The van der Waals surface area contributed by atoms with Crippen LogP contribution in [0.4, 0.5) is 0 Å². The molecule has 0 radical (unpaired) electrons. The standard InChI is InChI=1S/C18H33N5OS2/c1-4-19-17(20-6-5-10-25-18-21-7-11-26-18)22-12-16-14-23(8-9-24-16)13-15(2)3/h7,11,15-16H,4-6,8-10,12-14H2,1-3H3,(H2,19,20,22). The van der Waals surface area contributed by atoms with E-state index in [2.05, 4.69) is 41.3 Å². The van der Waals surface area contributed by atoms with E-state index in [4.69, 9.17) is 9.73 Å². The van der Waals surface area contributed by atoms with E-state index in [1.165, 1.54) is 0 Å². The number of morpholine rings is 1. The zero-order valence-corrected chi connectivity index (χ0v) is 17.9. The Morgan fingerprint density at radius 3 is 3.12 bits per heavy atom. The fourth-order valence-electron chi connectivity index (χ4n) is 2.83. The van der Waals surface area contributed by atoms with Gasteiger partial charge >= 0.3 is 0 Å². The minimum Gasteiger partial charge on any atom is -0.374 e. The zero-order valence-electron chi connectivity index (χ0n) is 16.2. The summed E-state index contributed by atoms with van der Waals surface area (Å²) in [7, 11) is 0. The number of aliphatic imine (C=N–C) groups is 1. The van der Waals surface area contributed by atoms with E-state index in [9.17, 15) is 0 Å². The summed E-state index contributed by atoms with van der Waals surface area (Å²) < 4.78 is 7.03. The highest BCUT2D eigenvalue weighted by molar-refractivity contribution is 8.00. The van der Waals surface area contributed by atoms with Gasteiger partial charge in [0.15, 0.2) is 5.96 Å². The van der Waals surface area contributed by atoms with Crippen LogP contribution in [0.5, 0.6) is 0 Å². The Kier molecular flexibility index (Phi) is 10.4. The highest BCUT2D eigenvalue weighted by Crippen LogP contribution is 2.20. The Hall–Kier alpha value is -0.830. The van der Waals surface area contributed by atoms with Crippen molar-refractivity contribution in [3.63, 3.8) is 0 Å². The van der Waals surface area contributed by atoms with Gasteiger partial charge in [0, 0.05) is 50.1 Å². The van der Waals surface area contributed by atoms with Crippen molar-refractivity contribution in [2.75, 3.05) is 51.6 Å². The number of rotatable bonds is 10. The molecule has 6 nitrogen and oxygen atoms in total. The molecule has 0 aromatic carbocycles. The van der Waals surface area contributed by atoms with Gasteiger partial charge in [-0.2, -0.15) is 0 Å². The number of hydrogen-bond donors (Lipinski definition) is 2. The van der Waals surface area contributed by atoms with Crippen molar-refractivity contribution in [1.82, 2.24) is 20.5 Å². The van der Waals surface area contributed by atoms with Crippen molar-refractivity contribution in [3.05, 3.63) is 11.6 Å². The third-order valence-electron chi connectivity index (χ3n) is 3.89. The van der Waals surface area contributed by atoms with Crippen LogP contribution in [0.15, 0.2) is 20.9 Å². The number of ether oxygens (including phenoxy) is 1. The van der Waals surface area contributed by atoms with Crippen LogP contribution < -0.4 is 10.6 Å². The molecule has 1 fully saturated rings. The van der Waals surface area contributed by atoms with Gasteiger partial charge < -0.3 is 15.4 Å². The van der Waals surface area contributed by atoms with E-state index in [-0.39, 0.29) is 6.10 Å². The van der Waals surface area contributed by atoms with E-state index >= 15 is 0 Å². The van der Waals surface area contributed by atoms with E-state index in [1.54, 1.807) is 11.3 Å². The van der Waals surface area contributed by atoms with Crippen LogP contribution in [-0.2, 0) is 4.74 Å². The van der Waals surface area contributed by atoms with E-state index in [0.717, 1.165) is 61.8 Å². The Labute approximate surface area is 166 Å². The average molecular weight is 400 g/mol. The Balaban J connectivity index is 1.67. The van der Waals surface area contributed by atoms with Crippen LogP contribution in [0.2, 0.25) is 0 Å². The molecule has 1 saturated heterocycles. The Morgan fingerprint density at radius 1 is 1.50 bits per heavy atom. The molecule has 2 rings (SSSR count). The Morgan fingerprint density at radius 2 is 2.38 bits per heavy atom. The maximum absolute atomic E-state index is 5.89. The maximum atomic E-state index is 5.89. The molecule has 1 aromatic rings. The first kappa shape index (κ1) is 21.5. The summed E-state index contributed by atoms with van der Waals surface area (Å²) in [4.78, 5) is 11.5. The first-order chi connectivity index (χ1) is 12.7. The number of thioether (sulfide) groups is 1. The molecule has 1 aromatic heterocycles. The van der Waals surface area contributed by atoms with Gasteiger partial charge in [-0.15, -0.1) is 11.3 Å². The molecular formula is C18H33N5OS2. The summed E-state index contributed by atoms with van der Waals surface area (Å²) in [6.07, 6.45) is 3.13. The van der Waals surface area contributed by atoms with Gasteiger partial charge in [0.05, 0.1) is 19.3 Å². The summed E-state index contributed by atoms with van der Waals surface area (Å²) in [5.74, 6) is 2.64. The summed E-state index contributed by atoms with van der Waals surface area (Å²) in [5, 5.41) is 8.77. The van der Waals surface area contributed by atoms with Crippen LogP contribution in [0, 0.1) is 5.92 Å². The molecule has 1 atom stereocenters. The summed E-state index contributed by atoms with van der Waals surface area (Å²) in [6.45, 7) is 13.1. The van der Waals surface area contributed by atoms with Crippen LogP contribution in [0.1, 0.15) is 27.2 Å². The van der Waals surface area contributed by atoms with Gasteiger partial charge in [-0.05, 0) is 19.3 Å². The second-order valence-electron chi connectivity index (χ2n) is 6.79. The summed E-state index contributed by atoms with van der Waals surface area (Å²) >= 11 is 3.52. The highest BCUT2D eigenvalue weighted by atomic mass is 32.2. The van der Waals surface area contributed by atoms with Crippen molar-refractivity contribution in [2.24, 2.45) is 10.9 Å². The monoisotopic (exact) mass is 399 g/mol. The second-order valence-corrected chi connectivity index (χ2v) is 9.03. The van der Waals surface area contributed by atoms with E-state index in [0.29, 0.717) is 12.5 Å². The first-order valence-corrected chi connectivity index (χ1v) is 11.4. The quantitative estimate of drug-likeness (QED) is 0.273. The molecule has 8 heteroatoms. The number of nitrogens with zero attached hydrogens (tertiary/aromatic N) is 3. The minimum absolute atomic E-state index is 0.193. The molecule has 0 spiro atoms. The predicted octanol–water partition coefficient (Wildman–Crippen LogP) is 2.54. The molecule has 2 heterocycles. The van der Waals surface area contributed by atoms with Crippen molar-refractivity contribution in [2.45, 2.75) is 37.6 Å². The summed E-state index contributed by atoms with van der Waals surface area (Å²) in [6, 6.07) is 0. The topological polar surface area (TPSA) is 61.8 Å². The third-order valence-corrected chi connectivity index (χ3v) is 5.94. The first-order valence-electron chi connectivity index (χ1n) is 9.55. The van der Waals surface area contributed by atoms with Gasteiger partial charge in [0.1, 0.15) is 4.34 Å². The smallest absolute Gasteiger partial charge is 0.191 e. The van der Waals surface area contributed by atoms with E-state index < -0.39 is 0 Å². The SMILES string of the molecule is CCNC(=NCC1CN(CC(C)C)CCO1)NCCCSc1nccs1. The van der Waals surface area contributed by atoms with Crippen molar-refractivity contribution in [3.8, 4) is 0 Å². The van der Waals surface area contributed by atoms with Crippen molar-refractivity contribution < 1.29 is 4.74 Å². The molecule has 148 valence electrons. The Bertz CT molecular complexity index is 510. The molecule has 0 saturated carbocycles. The second kappa shape index (κ2) is 12.5. The highest BCUT2D eigenvalue weighted by Gasteiger charge is 2.20. The summed E-state index contributed by atoms with van der Waals surface area (Å²) in [5.41, 5.74) is 0. The lowest BCUT2D eigenvalue weighted by Gasteiger charge is -2.33. The molecule has 1 aliphatic rings. The van der Waals surface area contributed by atoms with Crippen LogP contribution >= 0.6 is 23.1 Å². The lowest BCUT2D eigenvalue weighted by molar-refractivity contribution is -0.0261. The maximum Gasteiger partial charge on any atom is 0.191 e. The minimum atomic E-state index is 0.193. The normalized spacial score (nSPS) is 19.1. The number of hydrogen-bond acceptors (Lipinski definition) is 6. The van der Waals surface area contributed by atoms with Crippen molar-refractivity contribution >= 4 is 29.1 Å². The van der Waals surface area contributed by atoms with Gasteiger partial charge in [-0.25, -0.2) is 4.98 Å². The molecule has 0 aliphatic carbocycles. The predicted molar refractivity (Wildman–Crippen MR) is 112 cm³/mol. The lowest BCUT2D eigenvalue weighted by Crippen LogP contribution is -2.46. The number of thiazole rings is 1. The largest absolute Gasteiger partial charge is 0.374 e. The molecule has 0 bridgehead atoms. The van der Waals surface area contributed by atoms with Crippen LogP contribution in [0.3, 0.4) is 0 Å². The number of guanidine groups is 1. The fraction of sp³-hybridized carbons (Fsp3) is 0.778. The molecular weight excluding hydrogens is 366 g/mol. The zero-order chi connectivity index (χ0) is 18.6. The molecule has 2 N–H and O–H groups in total. The van der Waals surface area contributed by atoms with Gasteiger partial charge in [0.25, 0.3) is 0 Å². The van der Waals surface area contributed by atoms with Crippen molar-refractivity contribution in [1.29, 1.82) is 0 Å². The average Bonchev–Trinajstić information content (AvgIpc) is 3.12. The van der Waals surface area contributed by atoms with E-state index in [1.807, 2.05) is 23.3 Å².